The number of nitrogens with one attached hydrogen (secondary N) is 1. The molecule has 0 saturated carbocycles. The number of amides is 1. The van der Waals surface area contributed by atoms with Crippen LogP contribution in [0, 0.1) is 0 Å². The van der Waals surface area contributed by atoms with Gasteiger partial charge in [-0.15, -0.1) is 11.3 Å². The second-order valence-corrected chi connectivity index (χ2v) is 8.12. The van der Waals surface area contributed by atoms with Crippen LogP contribution >= 0.6 is 22.9 Å². The van der Waals surface area contributed by atoms with Crippen LogP contribution in [0.1, 0.15) is 5.56 Å². The monoisotopic (exact) mass is 439 g/mol. The molecule has 4 rings (SSSR count). The topological polar surface area (TPSA) is 73.2 Å². The van der Waals surface area contributed by atoms with Crippen molar-refractivity contribution in [2.24, 2.45) is 0 Å². The van der Waals surface area contributed by atoms with Crippen molar-refractivity contribution in [1.29, 1.82) is 0 Å². The highest BCUT2D eigenvalue weighted by Gasteiger charge is 2.12. The van der Waals surface area contributed by atoms with E-state index in [-0.39, 0.29) is 18.0 Å². The van der Waals surface area contributed by atoms with E-state index in [0.717, 1.165) is 21.8 Å². The Bertz CT molecular complexity index is 1250. The molecule has 0 aliphatic heterocycles. The average molecular weight is 440 g/mol. The number of carbonyl (C=O) groups is 1. The van der Waals surface area contributed by atoms with E-state index in [0.29, 0.717) is 21.8 Å². The molecule has 0 bridgehead atoms. The van der Waals surface area contributed by atoms with Crippen molar-refractivity contribution in [2.45, 2.75) is 13.1 Å². The summed E-state index contributed by atoms with van der Waals surface area (Å²) in [6, 6.07) is 16.7. The number of hydrogen-bond acceptors (Lipinski definition) is 5. The van der Waals surface area contributed by atoms with Crippen molar-refractivity contribution in [3.8, 4) is 16.2 Å². The van der Waals surface area contributed by atoms with Crippen molar-refractivity contribution in [1.82, 2.24) is 14.9 Å². The SMILES string of the molecule is COc1ccc(CNC(=O)Cn2cnc3cc(-c4ccc(Cl)cc4)sc3c2=O)cc1. The first-order chi connectivity index (χ1) is 14.5. The van der Waals surface area contributed by atoms with E-state index >= 15 is 0 Å². The van der Waals surface area contributed by atoms with Crippen LogP contribution in [0.2, 0.25) is 5.02 Å². The fourth-order valence-electron chi connectivity index (χ4n) is 2.97. The van der Waals surface area contributed by atoms with Gasteiger partial charge in [-0.05, 0) is 41.5 Å². The van der Waals surface area contributed by atoms with Gasteiger partial charge in [0.2, 0.25) is 5.91 Å². The number of nitrogens with zero attached hydrogens (tertiary/aromatic N) is 2. The van der Waals surface area contributed by atoms with Crippen LogP contribution in [-0.2, 0) is 17.9 Å². The zero-order valence-corrected chi connectivity index (χ0v) is 17.7. The predicted molar refractivity (Wildman–Crippen MR) is 119 cm³/mol. The third kappa shape index (κ3) is 4.37. The maximum absolute atomic E-state index is 12.8. The quantitative estimate of drug-likeness (QED) is 0.490. The van der Waals surface area contributed by atoms with E-state index in [1.165, 1.54) is 22.2 Å². The molecular weight excluding hydrogens is 422 g/mol. The van der Waals surface area contributed by atoms with Gasteiger partial charge in [0, 0.05) is 16.4 Å². The molecule has 0 fully saturated rings. The fourth-order valence-corrected chi connectivity index (χ4v) is 4.16. The molecule has 2 aromatic carbocycles. The summed E-state index contributed by atoms with van der Waals surface area (Å²) in [7, 11) is 1.60. The summed E-state index contributed by atoms with van der Waals surface area (Å²) in [5.41, 5.74) is 2.29. The Morgan fingerprint density at radius 1 is 1.17 bits per heavy atom. The zero-order chi connectivity index (χ0) is 21.1. The summed E-state index contributed by atoms with van der Waals surface area (Å²) in [5.74, 6) is 0.494. The largest absolute Gasteiger partial charge is 0.497 e. The minimum Gasteiger partial charge on any atom is -0.497 e. The summed E-state index contributed by atoms with van der Waals surface area (Å²) in [6.45, 7) is 0.277. The number of methoxy groups -OCH3 is 1. The molecule has 30 heavy (non-hydrogen) atoms. The third-order valence-corrected chi connectivity index (χ3v) is 6.01. The second kappa shape index (κ2) is 8.69. The Morgan fingerprint density at radius 2 is 1.90 bits per heavy atom. The molecule has 0 atom stereocenters. The van der Waals surface area contributed by atoms with Crippen LogP contribution < -0.4 is 15.6 Å². The van der Waals surface area contributed by atoms with E-state index < -0.39 is 0 Å². The van der Waals surface area contributed by atoms with Gasteiger partial charge >= 0.3 is 0 Å². The highest BCUT2D eigenvalue weighted by molar-refractivity contribution is 7.22. The number of rotatable bonds is 6. The van der Waals surface area contributed by atoms with Gasteiger partial charge in [-0.3, -0.25) is 14.2 Å². The van der Waals surface area contributed by atoms with Crippen LogP contribution in [0.25, 0.3) is 20.7 Å². The highest BCUT2D eigenvalue weighted by Crippen LogP contribution is 2.31. The number of halogens is 1. The van der Waals surface area contributed by atoms with E-state index in [1.807, 2.05) is 42.5 Å². The molecular formula is C22H18ClN3O3S. The molecule has 0 saturated heterocycles. The maximum Gasteiger partial charge on any atom is 0.271 e. The van der Waals surface area contributed by atoms with Gasteiger partial charge in [0.05, 0.1) is 19.0 Å². The Labute approximate surface area is 181 Å². The van der Waals surface area contributed by atoms with E-state index in [9.17, 15) is 9.59 Å². The standard InChI is InChI=1S/C22H18ClN3O3S/c1-29-17-8-2-14(3-9-17)11-24-20(27)12-26-13-25-18-10-19(30-21(18)22(26)28)15-4-6-16(23)7-5-15/h2-10,13H,11-12H2,1H3,(H,24,27). The number of fused-ring (bicyclic) bond motifs is 1. The highest BCUT2D eigenvalue weighted by atomic mass is 35.5. The van der Waals surface area contributed by atoms with Gasteiger partial charge in [0.25, 0.3) is 5.56 Å². The summed E-state index contributed by atoms with van der Waals surface area (Å²) in [5, 5.41) is 3.47. The second-order valence-electron chi connectivity index (χ2n) is 6.63. The number of ether oxygens (including phenoxy) is 1. The fraction of sp³-hybridized carbons (Fsp3) is 0.136. The maximum atomic E-state index is 12.8. The first-order valence-corrected chi connectivity index (χ1v) is 10.4. The van der Waals surface area contributed by atoms with Crippen LogP contribution in [0.5, 0.6) is 5.75 Å². The smallest absolute Gasteiger partial charge is 0.271 e. The van der Waals surface area contributed by atoms with E-state index in [1.54, 1.807) is 19.2 Å². The van der Waals surface area contributed by atoms with Crippen LogP contribution in [-0.4, -0.2) is 22.6 Å². The van der Waals surface area contributed by atoms with Gasteiger partial charge in [-0.1, -0.05) is 35.9 Å². The van der Waals surface area contributed by atoms with Gasteiger partial charge in [-0.2, -0.15) is 0 Å². The molecule has 0 spiro atoms. The zero-order valence-electron chi connectivity index (χ0n) is 16.1. The summed E-state index contributed by atoms with van der Waals surface area (Å²) in [6.07, 6.45) is 1.41. The lowest BCUT2D eigenvalue weighted by atomic mass is 10.2. The first kappa shape index (κ1) is 20.1. The van der Waals surface area contributed by atoms with E-state index in [4.69, 9.17) is 16.3 Å². The van der Waals surface area contributed by atoms with E-state index in [2.05, 4.69) is 10.3 Å². The van der Waals surface area contributed by atoms with Crippen molar-refractivity contribution < 1.29 is 9.53 Å². The molecule has 152 valence electrons. The first-order valence-electron chi connectivity index (χ1n) is 9.18. The molecule has 8 heteroatoms. The lowest BCUT2D eigenvalue weighted by Gasteiger charge is -2.08. The lowest BCUT2D eigenvalue weighted by molar-refractivity contribution is -0.121. The summed E-state index contributed by atoms with van der Waals surface area (Å²) in [4.78, 5) is 30.4. The van der Waals surface area contributed by atoms with Gasteiger partial charge in [0.15, 0.2) is 0 Å². The minimum atomic E-state index is -0.261. The Kier molecular flexibility index (Phi) is 5.83. The Morgan fingerprint density at radius 3 is 2.60 bits per heavy atom. The molecule has 2 aromatic heterocycles. The van der Waals surface area contributed by atoms with Crippen LogP contribution in [0.15, 0.2) is 65.7 Å². The molecule has 0 radical (unpaired) electrons. The van der Waals surface area contributed by atoms with Crippen molar-refractivity contribution in [3.05, 3.63) is 81.9 Å². The third-order valence-electron chi connectivity index (χ3n) is 4.60. The van der Waals surface area contributed by atoms with Gasteiger partial charge < -0.3 is 10.1 Å². The molecule has 1 N–H and O–H groups in total. The van der Waals surface area contributed by atoms with Gasteiger partial charge in [-0.25, -0.2) is 4.98 Å². The number of thiophene rings is 1. The number of aromatic nitrogens is 2. The Balaban J connectivity index is 1.48. The Hall–Kier alpha value is -3.16. The molecule has 6 nitrogen and oxygen atoms in total. The predicted octanol–water partition coefficient (Wildman–Crippen LogP) is 4.10. The molecule has 0 aliphatic rings. The summed E-state index contributed by atoms with van der Waals surface area (Å²) < 4.78 is 6.97. The normalized spacial score (nSPS) is 10.9. The number of hydrogen-bond donors (Lipinski definition) is 1. The van der Waals surface area contributed by atoms with Crippen LogP contribution in [0.4, 0.5) is 0 Å². The summed E-state index contributed by atoms with van der Waals surface area (Å²) >= 11 is 7.30. The molecule has 4 aromatic rings. The lowest BCUT2D eigenvalue weighted by Crippen LogP contribution is -2.31. The molecule has 0 unspecified atom stereocenters. The van der Waals surface area contributed by atoms with Gasteiger partial charge in [0.1, 0.15) is 17.0 Å². The van der Waals surface area contributed by atoms with Crippen molar-refractivity contribution in [2.75, 3.05) is 7.11 Å². The van der Waals surface area contributed by atoms with Crippen molar-refractivity contribution >= 4 is 39.1 Å². The number of benzene rings is 2. The molecule has 0 aliphatic carbocycles. The van der Waals surface area contributed by atoms with Crippen molar-refractivity contribution in [3.63, 3.8) is 0 Å². The average Bonchev–Trinajstić information content (AvgIpc) is 3.20. The molecule has 1 amide bonds. The number of carbonyl (C=O) groups excluding carboxylic acids is 1. The van der Waals surface area contributed by atoms with Crippen LogP contribution in [0.3, 0.4) is 0 Å². The molecule has 2 heterocycles. The minimum absolute atomic E-state index is 0.0912.